The van der Waals surface area contributed by atoms with Crippen molar-refractivity contribution in [3.05, 3.63) is 23.8 Å². The molecule has 0 radical (unpaired) electrons. The van der Waals surface area contributed by atoms with Crippen LogP contribution in [-0.2, 0) is 9.84 Å². The zero-order valence-corrected chi connectivity index (χ0v) is 10.9. The maximum Gasteiger partial charge on any atom is 0.179 e. The van der Waals surface area contributed by atoms with Gasteiger partial charge in [0.15, 0.2) is 9.84 Å². The standard InChI is InChI=1S/C12H17NO3S/c1-16-11-7-9(10-5-6-13-8-10)3-4-12(11)17(2,14)15/h3-4,7,10,13H,5-6,8H2,1-2H3. The molecule has 2 rings (SSSR count). The van der Waals surface area contributed by atoms with Gasteiger partial charge in [0.1, 0.15) is 10.6 Å². The molecule has 1 aromatic carbocycles. The summed E-state index contributed by atoms with van der Waals surface area (Å²) in [6.45, 7) is 1.96. The highest BCUT2D eigenvalue weighted by molar-refractivity contribution is 7.90. The van der Waals surface area contributed by atoms with Gasteiger partial charge in [-0.25, -0.2) is 8.42 Å². The Balaban J connectivity index is 2.40. The molecular weight excluding hydrogens is 238 g/mol. The van der Waals surface area contributed by atoms with E-state index in [0.29, 0.717) is 11.7 Å². The van der Waals surface area contributed by atoms with Crippen LogP contribution in [0.3, 0.4) is 0 Å². The number of rotatable bonds is 3. The van der Waals surface area contributed by atoms with Gasteiger partial charge in [0.2, 0.25) is 0 Å². The van der Waals surface area contributed by atoms with E-state index >= 15 is 0 Å². The number of sulfone groups is 1. The third-order valence-corrected chi connectivity index (χ3v) is 4.26. The van der Waals surface area contributed by atoms with Crippen molar-refractivity contribution in [2.24, 2.45) is 0 Å². The van der Waals surface area contributed by atoms with Crippen LogP contribution < -0.4 is 10.1 Å². The molecule has 0 aliphatic carbocycles. The Morgan fingerprint density at radius 3 is 2.71 bits per heavy atom. The van der Waals surface area contributed by atoms with Crippen LogP contribution in [0.5, 0.6) is 5.75 Å². The minimum Gasteiger partial charge on any atom is -0.495 e. The second-order valence-electron chi connectivity index (χ2n) is 4.37. The number of hydrogen-bond donors (Lipinski definition) is 1. The van der Waals surface area contributed by atoms with E-state index in [1.165, 1.54) is 13.4 Å². The molecule has 1 atom stereocenters. The molecule has 0 spiro atoms. The van der Waals surface area contributed by atoms with Crippen LogP contribution in [0.4, 0.5) is 0 Å². The Morgan fingerprint density at radius 1 is 1.41 bits per heavy atom. The van der Waals surface area contributed by atoms with Crippen LogP contribution in [0.2, 0.25) is 0 Å². The average Bonchev–Trinajstić information content (AvgIpc) is 2.80. The summed E-state index contributed by atoms with van der Waals surface area (Å²) in [5.74, 6) is 0.898. The average molecular weight is 255 g/mol. The molecule has 0 saturated carbocycles. The second-order valence-corrected chi connectivity index (χ2v) is 6.36. The maximum atomic E-state index is 11.6. The molecule has 1 aliphatic heterocycles. The molecule has 5 heteroatoms. The minimum absolute atomic E-state index is 0.259. The summed E-state index contributed by atoms with van der Waals surface area (Å²) in [4.78, 5) is 0.259. The summed E-state index contributed by atoms with van der Waals surface area (Å²) in [6.07, 6.45) is 2.28. The first-order valence-corrected chi connectivity index (χ1v) is 7.50. The third kappa shape index (κ3) is 2.61. The van der Waals surface area contributed by atoms with Gasteiger partial charge in [-0.3, -0.25) is 0 Å². The molecule has 0 amide bonds. The van der Waals surface area contributed by atoms with Crippen LogP contribution >= 0.6 is 0 Å². The Bertz CT molecular complexity index is 504. The summed E-state index contributed by atoms with van der Waals surface area (Å²) in [5, 5.41) is 3.29. The van der Waals surface area contributed by atoms with Gasteiger partial charge in [0.25, 0.3) is 0 Å². The zero-order chi connectivity index (χ0) is 12.5. The molecule has 1 heterocycles. The molecule has 1 aromatic rings. The summed E-state index contributed by atoms with van der Waals surface area (Å²) in [5.41, 5.74) is 1.14. The highest BCUT2D eigenvalue weighted by Gasteiger charge is 2.20. The number of hydrogen-bond acceptors (Lipinski definition) is 4. The Kier molecular flexibility index (Phi) is 3.40. The van der Waals surface area contributed by atoms with Crippen molar-refractivity contribution in [2.75, 3.05) is 26.5 Å². The highest BCUT2D eigenvalue weighted by atomic mass is 32.2. The summed E-state index contributed by atoms with van der Waals surface area (Å²) >= 11 is 0. The van der Waals surface area contributed by atoms with E-state index in [1.807, 2.05) is 12.1 Å². The SMILES string of the molecule is COc1cc(C2CCNC2)ccc1S(C)(=O)=O. The molecule has 1 aliphatic rings. The fourth-order valence-electron chi connectivity index (χ4n) is 2.18. The Labute approximate surface area is 102 Å². The van der Waals surface area contributed by atoms with Gasteiger partial charge in [-0.1, -0.05) is 6.07 Å². The number of ether oxygens (including phenoxy) is 1. The van der Waals surface area contributed by atoms with Gasteiger partial charge >= 0.3 is 0 Å². The predicted octanol–water partition coefficient (Wildman–Crippen LogP) is 1.18. The van der Waals surface area contributed by atoms with Gasteiger partial charge in [-0.2, -0.15) is 0 Å². The molecule has 4 nitrogen and oxygen atoms in total. The van der Waals surface area contributed by atoms with Crippen molar-refractivity contribution in [1.82, 2.24) is 5.32 Å². The van der Waals surface area contributed by atoms with Crippen molar-refractivity contribution < 1.29 is 13.2 Å². The largest absolute Gasteiger partial charge is 0.495 e. The monoisotopic (exact) mass is 255 g/mol. The fourth-order valence-corrected chi connectivity index (χ4v) is 3.01. The van der Waals surface area contributed by atoms with Gasteiger partial charge in [0.05, 0.1) is 7.11 Å². The van der Waals surface area contributed by atoms with Crippen molar-refractivity contribution in [3.63, 3.8) is 0 Å². The van der Waals surface area contributed by atoms with Crippen molar-refractivity contribution in [3.8, 4) is 5.75 Å². The molecule has 1 unspecified atom stereocenters. The first kappa shape index (κ1) is 12.4. The molecule has 1 N–H and O–H groups in total. The van der Waals surface area contributed by atoms with Crippen molar-refractivity contribution in [2.45, 2.75) is 17.2 Å². The quantitative estimate of drug-likeness (QED) is 0.881. The van der Waals surface area contributed by atoms with Crippen molar-refractivity contribution >= 4 is 9.84 Å². The fraction of sp³-hybridized carbons (Fsp3) is 0.500. The first-order valence-electron chi connectivity index (χ1n) is 5.61. The van der Waals surface area contributed by atoms with Crippen molar-refractivity contribution in [1.29, 1.82) is 0 Å². The lowest BCUT2D eigenvalue weighted by molar-refractivity contribution is 0.402. The molecule has 0 aromatic heterocycles. The summed E-state index contributed by atoms with van der Waals surface area (Å²) in [7, 11) is -1.73. The zero-order valence-electron chi connectivity index (χ0n) is 10.1. The molecular formula is C12H17NO3S. The topological polar surface area (TPSA) is 55.4 Å². The third-order valence-electron chi connectivity index (χ3n) is 3.12. The Hall–Kier alpha value is -1.07. The van der Waals surface area contributed by atoms with E-state index in [4.69, 9.17) is 4.74 Å². The van der Waals surface area contributed by atoms with E-state index < -0.39 is 9.84 Å². The summed E-state index contributed by atoms with van der Waals surface area (Å²) < 4.78 is 28.3. The minimum atomic E-state index is -3.23. The maximum absolute atomic E-state index is 11.6. The first-order chi connectivity index (χ1) is 8.02. The highest BCUT2D eigenvalue weighted by Crippen LogP contribution is 2.30. The van der Waals surface area contributed by atoms with Gasteiger partial charge in [-0.05, 0) is 36.6 Å². The Morgan fingerprint density at radius 2 is 2.18 bits per heavy atom. The molecule has 1 fully saturated rings. The van der Waals surface area contributed by atoms with E-state index in [0.717, 1.165) is 25.1 Å². The van der Waals surface area contributed by atoms with Gasteiger partial charge in [-0.15, -0.1) is 0 Å². The lowest BCUT2D eigenvalue weighted by Gasteiger charge is -2.13. The van der Waals surface area contributed by atoms with E-state index in [1.54, 1.807) is 6.07 Å². The molecule has 0 bridgehead atoms. The van der Waals surface area contributed by atoms with Crippen LogP contribution in [0, 0.1) is 0 Å². The van der Waals surface area contributed by atoms with E-state index in [2.05, 4.69) is 5.32 Å². The van der Waals surface area contributed by atoms with Gasteiger partial charge < -0.3 is 10.1 Å². The van der Waals surface area contributed by atoms with Crippen LogP contribution in [0.1, 0.15) is 17.9 Å². The smallest absolute Gasteiger partial charge is 0.179 e. The van der Waals surface area contributed by atoms with E-state index in [9.17, 15) is 8.42 Å². The van der Waals surface area contributed by atoms with Crippen LogP contribution in [-0.4, -0.2) is 34.9 Å². The number of benzene rings is 1. The number of methoxy groups -OCH3 is 1. The lowest BCUT2D eigenvalue weighted by Crippen LogP contribution is -2.08. The molecule has 17 heavy (non-hydrogen) atoms. The van der Waals surface area contributed by atoms with Crippen LogP contribution in [0.25, 0.3) is 0 Å². The normalized spacial score (nSPS) is 20.5. The van der Waals surface area contributed by atoms with E-state index in [-0.39, 0.29) is 4.90 Å². The lowest BCUT2D eigenvalue weighted by atomic mass is 9.98. The molecule has 1 saturated heterocycles. The van der Waals surface area contributed by atoms with Crippen LogP contribution in [0.15, 0.2) is 23.1 Å². The number of nitrogens with one attached hydrogen (secondary N) is 1. The predicted molar refractivity (Wildman–Crippen MR) is 66.3 cm³/mol. The summed E-state index contributed by atoms with van der Waals surface area (Å²) in [6, 6.07) is 5.37. The molecule has 94 valence electrons. The van der Waals surface area contributed by atoms with Gasteiger partial charge in [0, 0.05) is 12.8 Å². The second kappa shape index (κ2) is 4.66.